The van der Waals surface area contributed by atoms with Crippen LogP contribution in [0.2, 0.25) is 0 Å². The molecule has 0 bridgehead atoms. The van der Waals surface area contributed by atoms with Crippen LogP contribution in [0.15, 0.2) is 24.3 Å². The number of aliphatic hydroxyl groups is 1. The highest BCUT2D eigenvalue weighted by atomic mass is 16.5. The van der Waals surface area contributed by atoms with Crippen LogP contribution in [0.3, 0.4) is 0 Å². The first-order chi connectivity index (χ1) is 9.12. The van der Waals surface area contributed by atoms with Crippen LogP contribution in [-0.4, -0.2) is 31.4 Å². The third-order valence-corrected chi connectivity index (χ3v) is 4.01. The van der Waals surface area contributed by atoms with Gasteiger partial charge in [-0.3, -0.25) is 4.79 Å². The summed E-state index contributed by atoms with van der Waals surface area (Å²) in [4.78, 5) is 12.3. The Kier molecular flexibility index (Phi) is 4.10. The molecule has 0 saturated heterocycles. The molecule has 0 aromatic heterocycles. The maximum Gasteiger partial charge on any atom is 0.316 e. The fourth-order valence-electron chi connectivity index (χ4n) is 2.82. The fourth-order valence-corrected chi connectivity index (χ4v) is 2.82. The Morgan fingerprint density at radius 3 is 2.58 bits per heavy atom. The number of hydrogen-bond donors (Lipinski definition) is 1. The molecular formula is C15H20O4. The average Bonchev–Trinajstić information content (AvgIpc) is 2.47. The lowest BCUT2D eigenvalue weighted by Gasteiger charge is -2.36. The Morgan fingerprint density at radius 1 is 1.32 bits per heavy atom. The lowest BCUT2D eigenvalue weighted by Crippen LogP contribution is -2.41. The third kappa shape index (κ3) is 2.59. The van der Waals surface area contributed by atoms with E-state index >= 15 is 0 Å². The van der Waals surface area contributed by atoms with Gasteiger partial charge in [0.1, 0.15) is 5.75 Å². The second-order valence-electron chi connectivity index (χ2n) is 5.04. The van der Waals surface area contributed by atoms with Gasteiger partial charge in [0, 0.05) is 0 Å². The third-order valence-electron chi connectivity index (χ3n) is 4.01. The Balaban J connectivity index is 2.39. The largest absolute Gasteiger partial charge is 0.497 e. The van der Waals surface area contributed by atoms with Gasteiger partial charge in [-0.15, -0.1) is 0 Å². The van der Waals surface area contributed by atoms with Crippen LogP contribution in [0.5, 0.6) is 5.75 Å². The van der Waals surface area contributed by atoms with Gasteiger partial charge in [0.15, 0.2) is 0 Å². The van der Waals surface area contributed by atoms with Crippen molar-refractivity contribution >= 4 is 5.97 Å². The molecule has 1 aromatic carbocycles. The molecule has 0 unspecified atom stereocenters. The van der Waals surface area contributed by atoms with Crippen molar-refractivity contribution in [3.63, 3.8) is 0 Å². The van der Waals surface area contributed by atoms with Crippen molar-refractivity contribution in [3.8, 4) is 5.75 Å². The van der Waals surface area contributed by atoms with E-state index in [0.717, 1.165) is 11.3 Å². The van der Waals surface area contributed by atoms with Crippen molar-refractivity contribution < 1.29 is 19.4 Å². The molecule has 1 saturated carbocycles. The minimum Gasteiger partial charge on any atom is -0.497 e. The molecule has 1 aliphatic rings. The number of carbonyl (C=O) groups excluding carboxylic acids is 1. The molecule has 1 fully saturated rings. The topological polar surface area (TPSA) is 55.8 Å². The number of methoxy groups -OCH3 is 2. The van der Waals surface area contributed by atoms with Crippen molar-refractivity contribution in [1.82, 2.24) is 0 Å². The summed E-state index contributed by atoms with van der Waals surface area (Å²) in [5.41, 5.74) is 0.258. The number of ether oxygens (including phenoxy) is 2. The highest BCUT2D eigenvalue weighted by molar-refractivity contribution is 5.83. The number of hydrogen-bond acceptors (Lipinski definition) is 4. The van der Waals surface area contributed by atoms with Gasteiger partial charge >= 0.3 is 5.97 Å². The van der Waals surface area contributed by atoms with E-state index in [1.54, 1.807) is 7.11 Å². The van der Waals surface area contributed by atoms with E-state index in [4.69, 9.17) is 9.47 Å². The Morgan fingerprint density at radius 2 is 2.00 bits per heavy atom. The van der Waals surface area contributed by atoms with E-state index in [2.05, 4.69) is 0 Å². The van der Waals surface area contributed by atoms with Crippen LogP contribution < -0.4 is 4.74 Å². The molecule has 1 aliphatic carbocycles. The summed E-state index contributed by atoms with van der Waals surface area (Å²) in [5, 5.41) is 9.67. The van der Waals surface area contributed by atoms with Gasteiger partial charge in [-0.1, -0.05) is 12.1 Å². The predicted molar refractivity (Wildman–Crippen MR) is 71.2 cm³/mol. The molecule has 2 rings (SSSR count). The van der Waals surface area contributed by atoms with Crippen molar-refractivity contribution in [2.24, 2.45) is 0 Å². The monoisotopic (exact) mass is 264 g/mol. The summed E-state index contributed by atoms with van der Waals surface area (Å²) in [6, 6.07) is 7.54. The molecule has 4 heteroatoms. The second kappa shape index (κ2) is 5.61. The summed E-state index contributed by atoms with van der Waals surface area (Å²) in [7, 11) is 3.02. The summed E-state index contributed by atoms with van der Waals surface area (Å²) in [6.45, 7) is 0. The molecule has 0 radical (unpaired) electrons. The van der Waals surface area contributed by atoms with Crippen LogP contribution in [0.25, 0.3) is 0 Å². The number of carbonyl (C=O) groups is 1. The summed E-state index contributed by atoms with van der Waals surface area (Å²) < 4.78 is 10.2. The maximum atomic E-state index is 12.3. The molecule has 0 spiro atoms. The minimum absolute atomic E-state index is 0.229. The molecule has 0 heterocycles. The first kappa shape index (κ1) is 13.9. The first-order valence-electron chi connectivity index (χ1n) is 6.53. The summed E-state index contributed by atoms with van der Waals surface area (Å²) in [5.74, 6) is 0.500. The highest BCUT2D eigenvalue weighted by Gasteiger charge is 2.44. The molecule has 0 atom stereocenters. The van der Waals surface area contributed by atoms with Gasteiger partial charge in [0.25, 0.3) is 0 Å². The fraction of sp³-hybridized carbons (Fsp3) is 0.533. The SMILES string of the molecule is COC(=O)C1(c2cccc(OC)c2)CCC(O)CC1. The average molecular weight is 264 g/mol. The van der Waals surface area contributed by atoms with Gasteiger partial charge in [0.05, 0.1) is 25.7 Å². The minimum atomic E-state index is -0.650. The molecule has 0 amide bonds. The lowest BCUT2D eigenvalue weighted by molar-refractivity contribution is -0.149. The normalized spacial score (nSPS) is 26.8. The van der Waals surface area contributed by atoms with E-state index in [1.807, 2.05) is 24.3 Å². The van der Waals surface area contributed by atoms with Crippen LogP contribution in [0.1, 0.15) is 31.2 Å². The van der Waals surface area contributed by atoms with Crippen LogP contribution in [0, 0.1) is 0 Å². The molecular weight excluding hydrogens is 244 g/mol. The predicted octanol–water partition coefficient (Wildman–Crippen LogP) is 2.04. The number of rotatable bonds is 3. The van der Waals surface area contributed by atoms with E-state index in [1.165, 1.54) is 7.11 Å². The van der Waals surface area contributed by atoms with E-state index < -0.39 is 5.41 Å². The Hall–Kier alpha value is -1.55. The first-order valence-corrected chi connectivity index (χ1v) is 6.53. The number of esters is 1. The Bertz CT molecular complexity index is 447. The number of benzene rings is 1. The molecule has 19 heavy (non-hydrogen) atoms. The van der Waals surface area contributed by atoms with E-state index in [9.17, 15) is 9.90 Å². The van der Waals surface area contributed by atoms with Gasteiger partial charge in [-0.2, -0.15) is 0 Å². The zero-order chi connectivity index (χ0) is 13.9. The zero-order valence-electron chi connectivity index (χ0n) is 11.4. The maximum absolute atomic E-state index is 12.3. The van der Waals surface area contributed by atoms with E-state index in [0.29, 0.717) is 25.7 Å². The van der Waals surface area contributed by atoms with Crippen molar-refractivity contribution in [3.05, 3.63) is 29.8 Å². The number of aliphatic hydroxyl groups excluding tert-OH is 1. The quantitative estimate of drug-likeness (QED) is 0.849. The molecule has 1 aromatic rings. The second-order valence-corrected chi connectivity index (χ2v) is 5.04. The zero-order valence-corrected chi connectivity index (χ0v) is 11.4. The van der Waals surface area contributed by atoms with Crippen molar-refractivity contribution in [2.45, 2.75) is 37.2 Å². The van der Waals surface area contributed by atoms with Gasteiger partial charge in [0.2, 0.25) is 0 Å². The van der Waals surface area contributed by atoms with Gasteiger partial charge < -0.3 is 14.6 Å². The lowest BCUT2D eigenvalue weighted by atomic mass is 9.68. The van der Waals surface area contributed by atoms with Crippen molar-refractivity contribution in [1.29, 1.82) is 0 Å². The molecule has 4 nitrogen and oxygen atoms in total. The summed E-state index contributed by atoms with van der Waals surface area (Å²) in [6.07, 6.45) is 2.13. The molecule has 1 N–H and O–H groups in total. The smallest absolute Gasteiger partial charge is 0.316 e. The van der Waals surface area contributed by atoms with Gasteiger partial charge in [-0.05, 0) is 43.4 Å². The summed E-state index contributed by atoms with van der Waals surface area (Å²) >= 11 is 0. The van der Waals surface area contributed by atoms with Crippen LogP contribution >= 0.6 is 0 Å². The molecule has 104 valence electrons. The Labute approximate surface area is 113 Å². The van der Waals surface area contributed by atoms with Crippen molar-refractivity contribution in [2.75, 3.05) is 14.2 Å². The molecule has 0 aliphatic heterocycles. The standard InChI is InChI=1S/C15H20O4/c1-18-13-5-3-4-11(10-13)15(14(17)19-2)8-6-12(16)7-9-15/h3-5,10,12,16H,6-9H2,1-2H3. The van der Waals surface area contributed by atoms with Gasteiger partial charge in [-0.25, -0.2) is 0 Å². The van der Waals surface area contributed by atoms with Crippen LogP contribution in [-0.2, 0) is 14.9 Å². The highest BCUT2D eigenvalue weighted by Crippen LogP contribution is 2.41. The van der Waals surface area contributed by atoms with E-state index in [-0.39, 0.29) is 12.1 Å². The van der Waals surface area contributed by atoms with Crippen LogP contribution in [0.4, 0.5) is 0 Å².